The van der Waals surface area contributed by atoms with Crippen LogP contribution in [0.5, 0.6) is 0 Å². The molecule has 0 aliphatic heterocycles. The Morgan fingerprint density at radius 1 is 1.00 bits per heavy atom. The van der Waals surface area contributed by atoms with Gasteiger partial charge in [0.15, 0.2) is 0 Å². The van der Waals surface area contributed by atoms with E-state index in [2.05, 4.69) is 0 Å². The van der Waals surface area contributed by atoms with Crippen LogP contribution in [0.2, 0.25) is 0 Å². The van der Waals surface area contributed by atoms with Gasteiger partial charge in [0.1, 0.15) is 0 Å². The lowest BCUT2D eigenvalue weighted by molar-refractivity contribution is -0.148. The summed E-state index contributed by atoms with van der Waals surface area (Å²) in [7, 11) is 2.70. The fourth-order valence-corrected chi connectivity index (χ4v) is 3.51. The third-order valence-corrected chi connectivity index (χ3v) is 4.81. The maximum Gasteiger partial charge on any atom is 0.310 e. The Balaban J connectivity index is 2.45. The van der Waals surface area contributed by atoms with Gasteiger partial charge in [-0.1, -0.05) is 63.3 Å². The molecule has 23 heavy (non-hydrogen) atoms. The number of rotatable bonds is 4. The summed E-state index contributed by atoms with van der Waals surface area (Å²) < 4.78 is 9.84. The summed E-state index contributed by atoms with van der Waals surface area (Å²) in [5, 5.41) is 0. The molecule has 0 heterocycles. The number of carbonyl (C=O) groups excluding carboxylic acids is 2. The van der Waals surface area contributed by atoms with E-state index in [0.717, 1.165) is 5.56 Å². The molecule has 1 saturated carbocycles. The molecule has 3 atom stereocenters. The average molecular weight is 316 g/mol. The van der Waals surface area contributed by atoms with Gasteiger partial charge in [0.05, 0.1) is 26.1 Å². The molecule has 0 radical (unpaired) electrons. The summed E-state index contributed by atoms with van der Waals surface area (Å²) in [6.07, 6.45) is 3.94. The minimum Gasteiger partial charge on any atom is -0.469 e. The van der Waals surface area contributed by atoms with E-state index in [1.807, 2.05) is 63.3 Å². The largest absolute Gasteiger partial charge is 0.469 e. The van der Waals surface area contributed by atoms with Crippen LogP contribution in [0.25, 0.3) is 6.08 Å². The second-order valence-electron chi connectivity index (χ2n) is 6.93. The molecule has 1 aromatic rings. The highest BCUT2D eigenvalue weighted by Crippen LogP contribution is 2.69. The van der Waals surface area contributed by atoms with Crippen molar-refractivity contribution < 1.29 is 19.1 Å². The molecule has 1 fully saturated rings. The molecule has 2 rings (SSSR count). The smallest absolute Gasteiger partial charge is 0.310 e. The Morgan fingerprint density at radius 3 is 1.87 bits per heavy atom. The van der Waals surface area contributed by atoms with Gasteiger partial charge in [-0.15, -0.1) is 0 Å². The number of allylic oxidation sites excluding steroid dienone is 1. The van der Waals surface area contributed by atoms with Crippen molar-refractivity contribution in [3.8, 4) is 0 Å². The second kappa shape index (κ2) is 6.19. The zero-order valence-corrected chi connectivity index (χ0v) is 14.3. The molecule has 1 aliphatic rings. The van der Waals surface area contributed by atoms with Crippen LogP contribution in [0, 0.1) is 22.7 Å². The molecular formula is C19H24O4. The van der Waals surface area contributed by atoms with Crippen LogP contribution in [0.4, 0.5) is 0 Å². The van der Waals surface area contributed by atoms with Crippen LogP contribution >= 0.6 is 0 Å². The van der Waals surface area contributed by atoms with E-state index in [0.29, 0.717) is 0 Å². The zero-order valence-electron chi connectivity index (χ0n) is 14.3. The SMILES string of the molecule is COC(=O)[C@@H]1[C@H](C(=O)OC)C1(/C=C/c1ccccc1)C(C)(C)C. The molecule has 0 bridgehead atoms. The van der Waals surface area contributed by atoms with Crippen molar-refractivity contribution in [3.63, 3.8) is 0 Å². The molecule has 1 unspecified atom stereocenters. The molecule has 4 nitrogen and oxygen atoms in total. The number of carbonyl (C=O) groups is 2. The third-order valence-electron chi connectivity index (χ3n) is 4.81. The zero-order chi connectivity index (χ0) is 17.3. The Hall–Kier alpha value is -2.10. The number of ether oxygens (including phenoxy) is 2. The maximum absolute atomic E-state index is 12.2. The normalized spacial score (nSPS) is 26.8. The quantitative estimate of drug-likeness (QED) is 0.800. The number of hydrogen-bond donors (Lipinski definition) is 0. The first-order valence-electron chi connectivity index (χ1n) is 7.69. The third kappa shape index (κ3) is 2.90. The Morgan fingerprint density at radius 2 is 1.48 bits per heavy atom. The molecule has 0 amide bonds. The van der Waals surface area contributed by atoms with E-state index in [1.165, 1.54) is 14.2 Å². The molecule has 0 aromatic heterocycles. The predicted octanol–water partition coefficient (Wildman–Crippen LogP) is 3.32. The number of benzene rings is 1. The van der Waals surface area contributed by atoms with E-state index < -0.39 is 17.3 Å². The van der Waals surface area contributed by atoms with Gasteiger partial charge in [-0.3, -0.25) is 9.59 Å². The molecular weight excluding hydrogens is 292 g/mol. The van der Waals surface area contributed by atoms with Crippen molar-refractivity contribution in [2.45, 2.75) is 20.8 Å². The average Bonchev–Trinajstić information content (AvgIpc) is 3.22. The Bertz CT molecular complexity index is 588. The van der Waals surface area contributed by atoms with Gasteiger partial charge in [0.2, 0.25) is 0 Å². The van der Waals surface area contributed by atoms with Gasteiger partial charge < -0.3 is 9.47 Å². The van der Waals surface area contributed by atoms with Crippen molar-refractivity contribution >= 4 is 18.0 Å². The van der Waals surface area contributed by atoms with Gasteiger partial charge >= 0.3 is 11.9 Å². The van der Waals surface area contributed by atoms with Crippen LogP contribution in [0.3, 0.4) is 0 Å². The summed E-state index contributed by atoms with van der Waals surface area (Å²) in [6.45, 7) is 6.09. The summed E-state index contributed by atoms with van der Waals surface area (Å²) in [5.74, 6) is -1.76. The predicted molar refractivity (Wildman–Crippen MR) is 88.4 cm³/mol. The Kier molecular flexibility index (Phi) is 4.64. The van der Waals surface area contributed by atoms with Crippen LogP contribution in [0.15, 0.2) is 36.4 Å². The molecule has 124 valence electrons. The first-order valence-corrected chi connectivity index (χ1v) is 7.69. The fraction of sp³-hybridized carbons (Fsp3) is 0.474. The lowest BCUT2D eigenvalue weighted by Gasteiger charge is -2.30. The fourth-order valence-electron chi connectivity index (χ4n) is 3.51. The van der Waals surface area contributed by atoms with Crippen molar-refractivity contribution in [1.29, 1.82) is 0 Å². The van der Waals surface area contributed by atoms with Crippen LogP contribution in [-0.4, -0.2) is 26.2 Å². The van der Waals surface area contributed by atoms with Crippen molar-refractivity contribution in [2.24, 2.45) is 22.7 Å². The van der Waals surface area contributed by atoms with Gasteiger partial charge in [-0.2, -0.15) is 0 Å². The highest BCUT2D eigenvalue weighted by Gasteiger charge is 2.75. The molecule has 1 aliphatic carbocycles. The minimum atomic E-state index is -0.608. The lowest BCUT2D eigenvalue weighted by atomic mass is 9.74. The summed E-state index contributed by atoms with van der Waals surface area (Å²) in [5.41, 5.74) is 0.120. The van der Waals surface area contributed by atoms with Gasteiger partial charge in [-0.25, -0.2) is 0 Å². The van der Waals surface area contributed by atoms with Crippen LogP contribution in [0.1, 0.15) is 26.3 Å². The first-order chi connectivity index (χ1) is 10.8. The minimum absolute atomic E-state index is 0.296. The highest BCUT2D eigenvalue weighted by atomic mass is 16.5. The lowest BCUT2D eigenvalue weighted by Crippen LogP contribution is -2.27. The number of methoxy groups -OCH3 is 2. The van der Waals surface area contributed by atoms with Crippen molar-refractivity contribution in [3.05, 3.63) is 42.0 Å². The van der Waals surface area contributed by atoms with Crippen molar-refractivity contribution in [1.82, 2.24) is 0 Å². The Labute approximate surface area is 137 Å². The van der Waals surface area contributed by atoms with E-state index in [1.54, 1.807) is 0 Å². The monoisotopic (exact) mass is 316 g/mol. The summed E-state index contributed by atoms with van der Waals surface area (Å²) in [6, 6.07) is 9.81. The van der Waals surface area contributed by atoms with E-state index >= 15 is 0 Å². The summed E-state index contributed by atoms with van der Waals surface area (Å²) >= 11 is 0. The maximum atomic E-state index is 12.2. The van der Waals surface area contributed by atoms with E-state index in [-0.39, 0.29) is 17.4 Å². The van der Waals surface area contributed by atoms with Gasteiger partial charge in [0, 0.05) is 5.41 Å². The van der Waals surface area contributed by atoms with Crippen molar-refractivity contribution in [2.75, 3.05) is 14.2 Å². The van der Waals surface area contributed by atoms with E-state index in [9.17, 15) is 9.59 Å². The van der Waals surface area contributed by atoms with Crippen LogP contribution in [-0.2, 0) is 19.1 Å². The topological polar surface area (TPSA) is 52.6 Å². The number of esters is 2. The molecule has 0 saturated heterocycles. The summed E-state index contributed by atoms with van der Waals surface area (Å²) in [4.78, 5) is 24.4. The first kappa shape index (κ1) is 17.3. The number of hydrogen-bond acceptors (Lipinski definition) is 4. The molecule has 0 spiro atoms. The van der Waals surface area contributed by atoms with Gasteiger partial charge in [-0.05, 0) is 11.0 Å². The standard InChI is InChI=1S/C19H24O4/c1-18(2,3)19(12-11-13-9-7-6-8-10-13)14(16(20)22-4)15(19)17(21)23-5/h6-12,14-15H,1-5H3/b12-11+/t14-,15+,19?. The molecule has 4 heteroatoms. The second-order valence-corrected chi connectivity index (χ2v) is 6.93. The molecule has 0 N–H and O–H groups in total. The van der Waals surface area contributed by atoms with E-state index in [4.69, 9.17) is 9.47 Å². The van der Waals surface area contributed by atoms with Gasteiger partial charge in [0.25, 0.3) is 0 Å². The molecule has 1 aromatic carbocycles. The highest BCUT2D eigenvalue weighted by molar-refractivity contribution is 5.91. The van der Waals surface area contributed by atoms with Crippen LogP contribution < -0.4 is 0 Å².